The molecule has 1 aliphatic carbocycles. The number of hydrogen-bond acceptors (Lipinski definition) is 5. The van der Waals surface area contributed by atoms with Crippen molar-refractivity contribution in [2.24, 2.45) is 0 Å². The van der Waals surface area contributed by atoms with E-state index in [4.69, 9.17) is 4.74 Å². The number of thiophene rings is 1. The van der Waals surface area contributed by atoms with Gasteiger partial charge in [-0.05, 0) is 50.1 Å². The monoisotopic (exact) mass is 401 g/mol. The SMILES string of the molecule is Cc1nn(-c2ccc(F)cc2)c2sc(C(=O)OCC(=O)NC3CCCC3)cc12. The van der Waals surface area contributed by atoms with Crippen molar-refractivity contribution in [1.29, 1.82) is 0 Å². The van der Waals surface area contributed by atoms with Gasteiger partial charge in [0.05, 0.1) is 11.4 Å². The minimum absolute atomic E-state index is 0.194. The van der Waals surface area contributed by atoms with Crippen LogP contribution in [0.1, 0.15) is 41.0 Å². The minimum Gasteiger partial charge on any atom is -0.451 e. The summed E-state index contributed by atoms with van der Waals surface area (Å²) in [7, 11) is 0. The number of carbonyl (C=O) groups is 2. The third kappa shape index (κ3) is 3.77. The lowest BCUT2D eigenvalue weighted by Crippen LogP contribution is -2.35. The summed E-state index contributed by atoms with van der Waals surface area (Å²) in [5.41, 5.74) is 1.46. The molecule has 0 bridgehead atoms. The van der Waals surface area contributed by atoms with Crippen LogP contribution in [0.2, 0.25) is 0 Å². The van der Waals surface area contributed by atoms with E-state index in [2.05, 4.69) is 10.4 Å². The van der Waals surface area contributed by atoms with Gasteiger partial charge in [-0.25, -0.2) is 13.9 Å². The zero-order valence-corrected chi connectivity index (χ0v) is 16.2. The molecule has 28 heavy (non-hydrogen) atoms. The zero-order valence-electron chi connectivity index (χ0n) is 15.4. The summed E-state index contributed by atoms with van der Waals surface area (Å²) in [6.45, 7) is 1.56. The Hall–Kier alpha value is -2.74. The van der Waals surface area contributed by atoms with Gasteiger partial charge in [-0.15, -0.1) is 11.3 Å². The average Bonchev–Trinajstić information content (AvgIpc) is 3.39. The van der Waals surface area contributed by atoms with Crippen LogP contribution in [0.3, 0.4) is 0 Å². The van der Waals surface area contributed by atoms with Crippen molar-refractivity contribution in [3.05, 3.63) is 46.7 Å². The van der Waals surface area contributed by atoms with Crippen molar-refractivity contribution in [1.82, 2.24) is 15.1 Å². The molecule has 0 spiro atoms. The van der Waals surface area contributed by atoms with Gasteiger partial charge < -0.3 is 10.1 Å². The Bertz CT molecular complexity index is 1020. The lowest BCUT2D eigenvalue weighted by molar-refractivity contribution is -0.124. The molecule has 0 radical (unpaired) electrons. The van der Waals surface area contributed by atoms with Crippen molar-refractivity contribution in [3.63, 3.8) is 0 Å². The zero-order chi connectivity index (χ0) is 19.7. The van der Waals surface area contributed by atoms with E-state index in [9.17, 15) is 14.0 Å². The average molecular weight is 401 g/mol. The Morgan fingerprint density at radius 1 is 1.29 bits per heavy atom. The van der Waals surface area contributed by atoms with Crippen molar-refractivity contribution < 1.29 is 18.7 Å². The molecule has 1 aromatic carbocycles. The Balaban J connectivity index is 1.48. The third-order valence-corrected chi connectivity index (χ3v) is 5.96. The summed E-state index contributed by atoms with van der Waals surface area (Å²) >= 11 is 1.24. The highest BCUT2D eigenvalue weighted by Gasteiger charge is 2.21. The maximum atomic E-state index is 13.2. The summed E-state index contributed by atoms with van der Waals surface area (Å²) < 4.78 is 20.0. The molecule has 8 heteroatoms. The van der Waals surface area contributed by atoms with Gasteiger partial charge in [-0.3, -0.25) is 4.79 Å². The van der Waals surface area contributed by atoms with Crippen LogP contribution in [0, 0.1) is 12.7 Å². The number of esters is 1. The van der Waals surface area contributed by atoms with Gasteiger partial charge in [0.2, 0.25) is 0 Å². The van der Waals surface area contributed by atoms with Crippen LogP contribution in [0.25, 0.3) is 15.9 Å². The molecule has 1 fully saturated rings. The molecule has 0 aliphatic heterocycles. The smallest absolute Gasteiger partial charge is 0.348 e. The highest BCUT2D eigenvalue weighted by molar-refractivity contribution is 7.20. The molecule has 1 aliphatic rings. The van der Waals surface area contributed by atoms with Gasteiger partial charge in [0.15, 0.2) is 6.61 Å². The van der Waals surface area contributed by atoms with E-state index in [1.165, 1.54) is 23.5 Å². The number of aryl methyl sites for hydroxylation is 1. The van der Waals surface area contributed by atoms with Gasteiger partial charge in [-0.2, -0.15) is 5.10 Å². The predicted molar refractivity (Wildman–Crippen MR) is 104 cm³/mol. The van der Waals surface area contributed by atoms with E-state index < -0.39 is 5.97 Å². The fourth-order valence-electron chi connectivity index (χ4n) is 3.45. The number of nitrogens with zero attached hydrogens (tertiary/aromatic N) is 2. The van der Waals surface area contributed by atoms with Gasteiger partial charge >= 0.3 is 5.97 Å². The first kappa shape index (κ1) is 18.6. The van der Waals surface area contributed by atoms with Gasteiger partial charge in [0, 0.05) is 11.4 Å². The number of fused-ring (bicyclic) bond motifs is 1. The summed E-state index contributed by atoms with van der Waals surface area (Å²) in [5.74, 6) is -1.13. The Kier molecular flexibility index (Phi) is 5.13. The van der Waals surface area contributed by atoms with E-state index in [1.807, 2.05) is 6.92 Å². The number of nitrogens with one attached hydrogen (secondary N) is 1. The molecular formula is C20H20FN3O3S. The molecule has 6 nitrogen and oxygen atoms in total. The second kappa shape index (κ2) is 7.71. The first-order chi connectivity index (χ1) is 13.5. The van der Waals surface area contributed by atoms with Crippen molar-refractivity contribution in [2.75, 3.05) is 6.61 Å². The van der Waals surface area contributed by atoms with E-state index in [0.29, 0.717) is 10.6 Å². The number of benzene rings is 1. The molecule has 0 atom stereocenters. The molecule has 1 N–H and O–H groups in total. The van der Waals surface area contributed by atoms with E-state index in [0.717, 1.165) is 41.6 Å². The first-order valence-corrected chi connectivity index (χ1v) is 10.0. The van der Waals surface area contributed by atoms with Crippen molar-refractivity contribution >= 4 is 33.4 Å². The summed E-state index contributed by atoms with van der Waals surface area (Å²) in [5, 5.41) is 8.19. The van der Waals surface area contributed by atoms with Gasteiger partial charge in [0.1, 0.15) is 15.5 Å². The maximum Gasteiger partial charge on any atom is 0.348 e. The third-order valence-electron chi connectivity index (χ3n) is 4.87. The maximum absolute atomic E-state index is 13.2. The molecule has 0 saturated heterocycles. The van der Waals surface area contributed by atoms with Crippen LogP contribution >= 0.6 is 11.3 Å². The van der Waals surface area contributed by atoms with Gasteiger partial charge in [0.25, 0.3) is 5.91 Å². The van der Waals surface area contributed by atoms with Crippen LogP contribution in [0.5, 0.6) is 0 Å². The fourth-order valence-corrected chi connectivity index (χ4v) is 4.52. The molecule has 2 heterocycles. The highest BCUT2D eigenvalue weighted by atomic mass is 32.1. The Morgan fingerprint density at radius 3 is 2.71 bits per heavy atom. The van der Waals surface area contributed by atoms with Crippen molar-refractivity contribution in [3.8, 4) is 5.69 Å². The normalized spacial score (nSPS) is 14.5. The summed E-state index contributed by atoms with van der Waals surface area (Å²) in [6.07, 6.45) is 4.21. The predicted octanol–water partition coefficient (Wildman–Crippen LogP) is 3.75. The number of halogens is 1. The van der Waals surface area contributed by atoms with E-state index >= 15 is 0 Å². The van der Waals surface area contributed by atoms with Crippen molar-refractivity contribution in [2.45, 2.75) is 38.6 Å². The van der Waals surface area contributed by atoms with Gasteiger partial charge in [-0.1, -0.05) is 12.8 Å². The lowest BCUT2D eigenvalue weighted by Gasteiger charge is -2.11. The molecule has 1 saturated carbocycles. The second-order valence-corrected chi connectivity index (χ2v) is 7.96. The van der Waals surface area contributed by atoms with Crippen LogP contribution in [0.15, 0.2) is 30.3 Å². The lowest BCUT2D eigenvalue weighted by atomic mass is 10.2. The molecular weight excluding hydrogens is 381 g/mol. The molecule has 3 aromatic rings. The summed E-state index contributed by atoms with van der Waals surface area (Å²) in [6, 6.07) is 7.91. The Labute approximate surface area is 165 Å². The van der Waals surface area contributed by atoms with Crippen LogP contribution in [-0.4, -0.2) is 34.3 Å². The second-order valence-electron chi connectivity index (χ2n) is 6.93. The highest BCUT2D eigenvalue weighted by Crippen LogP contribution is 2.30. The number of hydrogen-bond donors (Lipinski definition) is 1. The fraction of sp³-hybridized carbons (Fsp3) is 0.350. The number of carbonyl (C=O) groups excluding carboxylic acids is 2. The Morgan fingerprint density at radius 2 is 2.00 bits per heavy atom. The van der Waals surface area contributed by atoms with Crippen LogP contribution in [-0.2, 0) is 9.53 Å². The van der Waals surface area contributed by atoms with Crippen LogP contribution < -0.4 is 5.32 Å². The number of rotatable bonds is 5. The minimum atomic E-state index is -0.534. The molecule has 0 unspecified atom stereocenters. The quantitative estimate of drug-likeness (QED) is 0.661. The van der Waals surface area contributed by atoms with E-state index in [1.54, 1.807) is 22.9 Å². The summed E-state index contributed by atoms with van der Waals surface area (Å²) in [4.78, 5) is 25.5. The molecule has 2 aromatic heterocycles. The topological polar surface area (TPSA) is 73.2 Å². The number of aromatic nitrogens is 2. The van der Waals surface area contributed by atoms with Crippen LogP contribution in [0.4, 0.5) is 4.39 Å². The van der Waals surface area contributed by atoms with E-state index in [-0.39, 0.29) is 24.4 Å². The number of ether oxygens (including phenoxy) is 1. The first-order valence-electron chi connectivity index (χ1n) is 9.23. The molecule has 146 valence electrons. The number of amides is 1. The molecule has 4 rings (SSSR count). The largest absolute Gasteiger partial charge is 0.451 e. The molecule has 1 amide bonds. The standard InChI is InChI=1S/C20H20FN3O3S/c1-12-16-10-17(20(26)27-11-18(25)22-14-4-2-3-5-14)28-19(16)24(23-12)15-8-6-13(21)7-9-15/h6-10,14H,2-5,11H2,1H3,(H,22,25).